The number of nitrogens with zero attached hydrogens (tertiary/aromatic N) is 2. The van der Waals surface area contributed by atoms with E-state index in [1.807, 2.05) is 13.3 Å². The van der Waals surface area contributed by atoms with Crippen LogP contribution in [0.25, 0.3) is 0 Å². The number of thioether (sulfide) groups is 1. The van der Waals surface area contributed by atoms with Crippen LogP contribution in [0.15, 0.2) is 5.10 Å². The van der Waals surface area contributed by atoms with Crippen LogP contribution in [0.2, 0.25) is 0 Å². The molecule has 1 N–H and O–H groups in total. The summed E-state index contributed by atoms with van der Waals surface area (Å²) < 4.78 is 0. The van der Waals surface area contributed by atoms with Gasteiger partial charge in [0, 0.05) is 7.05 Å². The average Bonchev–Trinajstić information content (AvgIpc) is 2.14. The number of rotatable bonds is 0. The molecule has 1 heterocycles. The molecule has 0 spiro atoms. The van der Waals surface area contributed by atoms with E-state index in [4.69, 9.17) is 0 Å². The topological polar surface area (TPSA) is 27.6 Å². The molecule has 1 rings (SSSR count). The highest BCUT2D eigenvalue weighted by Gasteiger charge is 2.08. The summed E-state index contributed by atoms with van der Waals surface area (Å²) in [5.41, 5.74) is 2.87. The predicted octanol–water partition coefficient (Wildman–Crippen LogP) is 0.113. The largest absolute Gasteiger partial charge is 0.334 e. The zero-order valence-corrected chi connectivity index (χ0v) is 5.83. The van der Waals surface area contributed by atoms with Crippen LogP contribution in [0.3, 0.4) is 0 Å². The van der Waals surface area contributed by atoms with Crippen LogP contribution >= 0.6 is 11.8 Å². The number of hydrogen-bond donors (Lipinski definition) is 1. The van der Waals surface area contributed by atoms with E-state index in [0.717, 1.165) is 11.8 Å². The summed E-state index contributed by atoms with van der Waals surface area (Å²) in [6, 6.07) is 0. The van der Waals surface area contributed by atoms with E-state index in [9.17, 15) is 0 Å². The summed E-state index contributed by atoms with van der Waals surface area (Å²) in [6.45, 7) is 0.843. The first kappa shape index (κ1) is 5.75. The molecule has 1 aliphatic rings. The Kier molecular flexibility index (Phi) is 1.62. The van der Waals surface area contributed by atoms with Gasteiger partial charge in [0.2, 0.25) is 0 Å². The monoisotopic (exact) mass is 131 g/mol. The smallest absolute Gasteiger partial charge is 0.183 e. The lowest BCUT2D eigenvalue weighted by atomic mass is 10.9. The second-order valence-electron chi connectivity index (χ2n) is 1.61. The van der Waals surface area contributed by atoms with Crippen molar-refractivity contribution in [2.24, 2.45) is 5.10 Å². The minimum absolute atomic E-state index is 0.843. The van der Waals surface area contributed by atoms with E-state index in [0.29, 0.717) is 0 Å². The fourth-order valence-electron chi connectivity index (χ4n) is 0.564. The molecule has 0 aromatic rings. The Morgan fingerprint density at radius 1 is 1.88 bits per heavy atom. The van der Waals surface area contributed by atoms with Gasteiger partial charge in [0.15, 0.2) is 5.17 Å². The van der Waals surface area contributed by atoms with E-state index in [1.54, 1.807) is 11.8 Å². The fourth-order valence-corrected chi connectivity index (χ4v) is 1.10. The molecule has 1 aliphatic heterocycles. The fraction of sp³-hybridized carbons (Fsp3) is 0.750. The molecule has 0 aromatic heterocycles. The Labute approximate surface area is 53.1 Å². The van der Waals surface area contributed by atoms with Gasteiger partial charge in [0.1, 0.15) is 6.67 Å². The van der Waals surface area contributed by atoms with Crippen molar-refractivity contribution in [2.45, 2.75) is 0 Å². The molecule has 3 nitrogen and oxygen atoms in total. The van der Waals surface area contributed by atoms with Gasteiger partial charge in [-0.1, -0.05) is 11.8 Å². The van der Waals surface area contributed by atoms with Crippen molar-refractivity contribution < 1.29 is 0 Å². The molecule has 0 aromatic carbocycles. The lowest BCUT2D eigenvalue weighted by Gasteiger charge is -2.07. The van der Waals surface area contributed by atoms with Crippen LogP contribution in [-0.2, 0) is 0 Å². The molecule has 0 saturated carbocycles. The van der Waals surface area contributed by atoms with Crippen LogP contribution in [0.4, 0.5) is 0 Å². The molecule has 46 valence electrons. The molecule has 4 heteroatoms. The molecule has 0 aliphatic carbocycles. The van der Waals surface area contributed by atoms with E-state index >= 15 is 0 Å². The number of nitrogens with one attached hydrogen (secondary N) is 1. The zero-order valence-electron chi connectivity index (χ0n) is 5.01. The van der Waals surface area contributed by atoms with E-state index < -0.39 is 0 Å². The third-order valence-electron chi connectivity index (χ3n) is 0.992. The quantitative estimate of drug-likeness (QED) is 0.506. The first-order valence-corrected chi connectivity index (χ1v) is 3.62. The Morgan fingerprint density at radius 3 is 2.88 bits per heavy atom. The first-order valence-electron chi connectivity index (χ1n) is 2.40. The van der Waals surface area contributed by atoms with Crippen molar-refractivity contribution in [3.8, 4) is 0 Å². The van der Waals surface area contributed by atoms with Crippen molar-refractivity contribution in [1.29, 1.82) is 0 Å². The maximum absolute atomic E-state index is 3.99. The Bertz CT molecular complexity index is 112. The summed E-state index contributed by atoms with van der Waals surface area (Å²) >= 11 is 1.65. The summed E-state index contributed by atoms with van der Waals surface area (Å²) in [6.07, 6.45) is 2.02. The van der Waals surface area contributed by atoms with E-state index in [1.165, 1.54) is 0 Å². The van der Waals surface area contributed by atoms with Crippen molar-refractivity contribution in [1.82, 2.24) is 10.3 Å². The van der Waals surface area contributed by atoms with Gasteiger partial charge in [-0.2, -0.15) is 5.10 Å². The molecule has 0 radical (unpaired) electrons. The van der Waals surface area contributed by atoms with Gasteiger partial charge in [0.05, 0.1) is 0 Å². The molecular weight excluding hydrogens is 122 g/mol. The Morgan fingerprint density at radius 2 is 2.62 bits per heavy atom. The van der Waals surface area contributed by atoms with Crippen molar-refractivity contribution in [3.63, 3.8) is 0 Å². The lowest BCUT2D eigenvalue weighted by molar-refractivity contribution is 0.512. The summed E-state index contributed by atoms with van der Waals surface area (Å²) in [5, 5.41) is 5.05. The van der Waals surface area contributed by atoms with Gasteiger partial charge in [0.25, 0.3) is 0 Å². The molecule has 0 unspecified atom stereocenters. The molecule has 0 amide bonds. The highest BCUT2D eigenvalue weighted by Crippen LogP contribution is 2.04. The maximum Gasteiger partial charge on any atom is 0.183 e. The SMILES string of the molecule is CSC1=NNCN1C. The third kappa shape index (κ3) is 0.888. The molecular formula is C4H9N3S. The van der Waals surface area contributed by atoms with Crippen LogP contribution in [0.5, 0.6) is 0 Å². The highest BCUT2D eigenvalue weighted by atomic mass is 32.2. The van der Waals surface area contributed by atoms with Gasteiger partial charge in [-0.05, 0) is 6.26 Å². The minimum Gasteiger partial charge on any atom is -0.334 e. The average molecular weight is 131 g/mol. The first-order chi connectivity index (χ1) is 3.84. The molecule has 0 saturated heterocycles. The van der Waals surface area contributed by atoms with Gasteiger partial charge in [-0.3, -0.25) is 5.43 Å². The van der Waals surface area contributed by atoms with Gasteiger partial charge >= 0.3 is 0 Å². The number of hydrazone groups is 1. The number of hydrogen-bond acceptors (Lipinski definition) is 4. The summed E-state index contributed by atoms with van der Waals surface area (Å²) in [4.78, 5) is 2.06. The Hall–Kier alpha value is -0.380. The van der Waals surface area contributed by atoms with Crippen molar-refractivity contribution in [3.05, 3.63) is 0 Å². The second kappa shape index (κ2) is 2.26. The van der Waals surface area contributed by atoms with Crippen LogP contribution in [0.1, 0.15) is 0 Å². The molecule has 8 heavy (non-hydrogen) atoms. The highest BCUT2D eigenvalue weighted by molar-refractivity contribution is 8.13. The second-order valence-corrected chi connectivity index (χ2v) is 2.39. The maximum atomic E-state index is 3.99. The normalized spacial score (nSPS) is 18.2. The van der Waals surface area contributed by atoms with E-state index in [2.05, 4.69) is 15.4 Å². The summed E-state index contributed by atoms with van der Waals surface area (Å²) in [7, 11) is 2.01. The standard InChI is InChI=1S/C4H9N3S/c1-7-3-5-6-4(7)8-2/h5H,3H2,1-2H3. The van der Waals surface area contributed by atoms with Crippen LogP contribution in [0, 0.1) is 0 Å². The minimum atomic E-state index is 0.843. The molecule has 0 atom stereocenters. The van der Waals surface area contributed by atoms with Crippen LogP contribution in [-0.4, -0.2) is 30.0 Å². The van der Waals surface area contributed by atoms with Gasteiger partial charge < -0.3 is 4.90 Å². The third-order valence-corrected chi connectivity index (χ3v) is 1.76. The van der Waals surface area contributed by atoms with Gasteiger partial charge in [-0.25, -0.2) is 0 Å². The lowest BCUT2D eigenvalue weighted by Crippen LogP contribution is -2.22. The molecule has 0 fully saturated rings. The Balaban J connectivity index is 2.49. The van der Waals surface area contributed by atoms with Crippen LogP contribution < -0.4 is 5.43 Å². The molecule has 0 bridgehead atoms. The van der Waals surface area contributed by atoms with Crippen molar-refractivity contribution in [2.75, 3.05) is 20.0 Å². The zero-order chi connectivity index (χ0) is 5.98. The van der Waals surface area contributed by atoms with Crippen molar-refractivity contribution >= 4 is 16.9 Å². The van der Waals surface area contributed by atoms with E-state index in [-0.39, 0.29) is 0 Å². The predicted molar refractivity (Wildman–Crippen MR) is 36.7 cm³/mol. The number of amidine groups is 1. The summed E-state index contributed by atoms with van der Waals surface area (Å²) in [5.74, 6) is 0. The van der Waals surface area contributed by atoms with Gasteiger partial charge in [-0.15, -0.1) is 0 Å².